The fourth-order valence-electron chi connectivity index (χ4n) is 5.30. The van der Waals surface area contributed by atoms with Gasteiger partial charge in [-0.2, -0.15) is 13.2 Å². The first kappa shape index (κ1) is 21.8. The molecule has 7 heteroatoms. The number of pyridine rings is 1. The predicted molar refractivity (Wildman–Crippen MR) is 114 cm³/mol. The Morgan fingerprint density at radius 2 is 2.06 bits per heavy atom. The van der Waals surface area contributed by atoms with Crippen molar-refractivity contribution in [3.63, 3.8) is 0 Å². The van der Waals surface area contributed by atoms with E-state index in [-0.39, 0.29) is 24.0 Å². The fourth-order valence-corrected chi connectivity index (χ4v) is 5.30. The second-order valence-corrected chi connectivity index (χ2v) is 8.27. The Morgan fingerprint density at radius 3 is 2.68 bits per heavy atom. The molecule has 0 amide bonds. The third kappa shape index (κ3) is 3.53. The van der Waals surface area contributed by atoms with Crippen molar-refractivity contribution in [2.45, 2.75) is 30.7 Å². The van der Waals surface area contributed by atoms with Gasteiger partial charge in [0.2, 0.25) is 5.60 Å². The summed E-state index contributed by atoms with van der Waals surface area (Å²) < 4.78 is 56.5. The third-order valence-corrected chi connectivity index (χ3v) is 6.78. The van der Waals surface area contributed by atoms with Crippen LogP contribution in [-0.4, -0.2) is 48.9 Å². The van der Waals surface area contributed by atoms with E-state index in [4.69, 9.17) is 9.47 Å². The molecule has 3 saturated heterocycles. The number of methoxy groups -OCH3 is 1. The molecular weight excluding hydrogens is 405 g/mol. The Hall–Kier alpha value is -2.38. The van der Waals surface area contributed by atoms with Gasteiger partial charge < -0.3 is 9.47 Å². The van der Waals surface area contributed by atoms with Gasteiger partial charge in [0.25, 0.3) is 0 Å². The minimum Gasteiger partial charge on any atom is -0.497 e. The summed E-state index contributed by atoms with van der Waals surface area (Å²) in [6, 6.07) is 5.57. The monoisotopic (exact) mass is 432 g/mol. The number of aromatic nitrogens is 1. The molecule has 3 aliphatic heterocycles. The molecule has 0 aliphatic carbocycles. The summed E-state index contributed by atoms with van der Waals surface area (Å²) in [7, 11) is 1.49. The SMILES string of the molecule is C=CCO[C@](c1ccnc2ccc(OC)cc12)([C@H]1C[C@@H]2CCN1C[C@@H]2C=C)C(F)(F)F. The van der Waals surface area contributed by atoms with Crippen LogP contribution in [0.2, 0.25) is 0 Å². The van der Waals surface area contributed by atoms with Crippen molar-refractivity contribution < 1.29 is 22.6 Å². The van der Waals surface area contributed by atoms with Gasteiger partial charge in [0.05, 0.1) is 25.3 Å². The summed E-state index contributed by atoms with van der Waals surface area (Å²) in [4.78, 5) is 6.21. The minimum absolute atomic E-state index is 0.0680. The molecule has 3 fully saturated rings. The van der Waals surface area contributed by atoms with Crippen molar-refractivity contribution in [3.05, 3.63) is 61.3 Å². The van der Waals surface area contributed by atoms with Crippen LogP contribution in [-0.2, 0) is 10.3 Å². The van der Waals surface area contributed by atoms with E-state index in [9.17, 15) is 0 Å². The molecule has 4 nitrogen and oxygen atoms in total. The van der Waals surface area contributed by atoms with E-state index in [1.165, 1.54) is 25.4 Å². The van der Waals surface area contributed by atoms with Crippen molar-refractivity contribution in [1.29, 1.82) is 0 Å². The molecule has 1 aromatic heterocycles. The normalized spacial score (nSPS) is 27.6. The number of fused-ring (bicyclic) bond motifs is 4. The zero-order chi connectivity index (χ0) is 22.2. The van der Waals surface area contributed by atoms with Crippen LogP contribution in [0.25, 0.3) is 10.9 Å². The van der Waals surface area contributed by atoms with E-state index in [2.05, 4.69) is 18.1 Å². The highest BCUT2D eigenvalue weighted by molar-refractivity contribution is 5.84. The molecule has 4 heterocycles. The second kappa shape index (κ2) is 8.28. The summed E-state index contributed by atoms with van der Waals surface area (Å²) in [6.45, 7) is 8.44. The van der Waals surface area contributed by atoms with Gasteiger partial charge in [0.15, 0.2) is 0 Å². The number of nitrogens with zero attached hydrogens (tertiary/aromatic N) is 2. The Morgan fingerprint density at radius 1 is 1.26 bits per heavy atom. The molecule has 5 atom stereocenters. The van der Waals surface area contributed by atoms with Crippen molar-refractivity contribution in [2.24, 2.45) is 11.8 Å². The molecule has 2 bridgehead atoms. The highest BCUT2D eigenvalue weighted by Crippen LogP contribution is 2.53. The quantitative estimate of drug-likeness (QED) is 0.570. The summed E-state index contributed by atoms with van der Waals surface area (Å²) in [5, 5.41) is 0.381. The maximum Gasteiger partial charge on any atom is 0.423 e. The van der Waals surface area contributed by atoms with Gasteiger partial charge in [0, 0.05) is 23.7 Å². The van der Waals surface area contributed by atoms with Crippen LogP contribution in [0, 0.1) is 11.8 Å². The highest BCUT2D eigenvalue weighted by atomic mass is 19.4. The van der Waals surface area contributed by atoms with E-state index >= 15 is 13.2 Å². The molecule has 166 valence electrons. The molecule has 2 aromatic rings. The molecule has 31 heavy (non-hydrogen) atoms. The van der Waals surface area contributed by atoms with Crippen molar-refractivity contribution in [3.8, 4) is 5.75 Å². The summed E-state index contributed by atoms with van der Waals surface area (Å²) in [5.41, 5.74) is -1.98. The van der Waals surface area contributed by atoms with Crippen LogP contribution in [0.4, 0.5) is 13.2 Å². The molecular formula is C24H27F3N2O2. The van der Waals surface area contributed by atoms with Gasteiger partial charge in [-0.25, -0.2) is 0 Å². The first-order valence-electron chi connectivity index (χ1n) is 10.5. The molecule has 0 N–H and O–H groups in total. The van der Waals surface area contributed by atoms with Gasteiger partial charge >= 0.3 is 6.18 Å². The Balaban J connectivity index is 1.95. The van der Waals surface area contributed by atoms with E-state index in [0.717, 1.165) is 6.42 Å². The number of benzene rings is 1. The number of hydrogen-bond acceptors (Lipinski definition) is 4. The maximum absolute atomic E-state index is 15.1. The predicted octanol–water partition coefficient (Wildman–Crippen LogP) is 5.10. The van der Waals surface area contributed by atoms with Crippen LogP contribution in [0.3, 0.4) is 0 Å². The molecule has 5 rings (SSSR count). The van der Waals surface area contributed by atoms with Gasteiger partial charge in [-0.15, -0.1) is 13.2 Å². The standard InChI is InChI=1S/C24H27F3N2O2/c1-4-12-31-23(24(25,26)27,22-13-17-9-11-29(22)15-16(17)5-2)20-8-10-28-21-7-6-18(30-3)14-19(20)21/h4-8,10,14,16-17,22H,1-2,9,11-13,15H2,3H3/t16-,17-,22+,23+/m0/s1. The molecule has 1 unspecified atom stereocenters. The molecule has 0 radical (unpaired) electrons. The van der Waals surface area contributed by atoms with Crippen molar-refractivity contribution in [1.82, 2.24) is 9.88 Å². The lowest BCUT2D eigenvalue weighted by Gasteiger charge is -2.55. The van der Waals surface area contributed by atoms with Crippen LogP contribution < -0.4 is 4.74 Å². The Labute approximate surface area is 180 Å². The van der Waals surface area contributed by atoms with Gasteiger partial charge in [-0.3, -0.25) is 9.88 Å². The average Bonchev–Trinajstić information content (AvgIpc) is 2.78. The van der Waals surface area contributed by atoms with Crippen LogP contribution >= 0.6 is 0 Å². The van der Waals surface area contributed by atoms with Gasteiger partial charge in [0.1, 0.15) is 5.75 Å². The zero-order valence-electron chi connectivity index (χ0n) is 17.6. The number of rotatable bonds is 7. The minimum atomic E-state index is -4.65. The maximum atomic E-state index is 15.1. The largest absolute Gasteiger partial charge is 0.497 e. The van der Waals surface area contributed by atoms with E-state index in [0.29, 0.717) is 36.2 Å². The number of halogens is 3. The first-order chi connectivity index (χ1) is 14.9. The van der Waals surface area contributed by atoms with Crippen LogP contribution in [0.15, 0.2) is 55.8 Å². The van der Waals surface area contributed by atoms with Crippen LogP contribution in [0.1, 0.15) is 18.4 Å². The third-order valence-electron chi connectivity index (χ3n) is 6.78. The topological polar surface area (TPSA) is 34.6 Å². The van der Waals surface area contributed by atoms with Crippen molar-refractivity contribution in [2.75, 3.05) is 26.8 Å². The number of ether oxygens (including phenoxy) is 2. The lowest BCUT2D eigenvalue weighted by Crippen LogP contribution is -2.66. The zero-order valence-corrected chi connectivity index (χ0v) is 17.6. The summed E-state index contributed by atoms with van der Waals surface area (Å²) in [6.07, 6.45) is 1.27. The molecule has 3 aliphatic rings. The fraction of sp³-hybridized carbons (Fsp3) is 0.458. The van der Waals surface area contributed by atoms with E-state index in [1.807, 2.05) is 11.0 Å². The van der Waals surface area contributed by atoms with Crippen LogP contribution in [0.5, 0.6) is 5.75 Å². The Kier molecular flexibility index (Phi) is 5.83. The number of hydrogen-bond donors (Lipinski definition) is 0. The van der Waals surface area contributed by atoms with Gasteiger partial charge in [-0.1, -0.05) is 12.2 Å². The van der Waals surface area contributed by atoms with Gasteiger partial charge in [-0.05, 0) is 55.5 Å². The van der Waals surface area contributed by atoms with E-state index < -0.39 is 17.8 Å². The molecule has 0 saturated carbocycles. The smallest absolute Gasteiger partial charge is 0.423 e. The second-order valence-electron chi connectivity index (χ2n) is 8.27. The first-order valence-corrected chi connectivity index (χ1v) is 10.5. The molecule has 1 aromatic carbocycles. The summed E-state index contributed by atoms with van der Waals surface area (Å²) in [5.74, 6) is 0.826. The lowest BCUT2D eigenvalue weighted by atomic mass is 9.69. The Bertz CT molecular complexity index is 977. The number of piperidine rings is 3. The number of alkyl halides is 3. The lowest BCUT2D eigenvalue weighted by molar-refractivity contribution is -0.311. The average molecular weight is 432 g/mol. The molecule has 0 spiro atoms. The van der Waals surface area contributed by atoms with Crippen molar-refractivity contribution >= 4 is 10.9 Å². The van der Waals surface area contributed by atoms with E-state index in [1.54, 1.807) is 18.2 Å². The highest BCUT2D eigenvalue weighted by Gasteiger charge is 2.65. The summed E-state index contributed by atoms with van der Waals surface area (Å²) >= 11 is 0.